The zero-order chi connectivity index (χ0) is 22.5. The molecular formula is C22H21FN6O3. The van der Waals surface area contributed by atoms with E-state index in [-0.39, 0.29) is 29.9 Å². The lowest BCUT2D eigenvalue weighted by molar-refractivity contribution is -0.143. The molecule has 0 aliphatic heterocycles. The minimum atomic E-state index is -0.623. The molecule has 0 fully saturated rings. The molecule has 2 heterocycles. The highest BCUT2D eigenvalue weighted by molar-refractivity contribution is 5.83. The van der Waals surface area contributed by atoms with Crippen molar-refractivity contribution in [3.8, 4) is 5.75 Å². The third kappa shape index (κ3) is 4.91. The smallest absolute Gasteiger partial charge is 0.307 e. The number of phenolic OH excluding ortho intramolecular Hbond substituents is 1. The zero-order valence-electron chi connectivity index (χ0n) is 17.2. The SMILES string of the molecule is CCOC(=O)CCn1ncc2ccc(Nc3nc(Nc4cccc(O)c4)ncc3F)cc21. The molecule has 4 rings (SSSR count). The minimum Gasteiger partial charge on any atom is -0.508 e. The number of esters is 1. The Morgan fingerprint density at radius 3 is 2.81 bits per heavy atom. The van der Waals surface area contributed by atoms with Crippen molar-refractivity contribution < 1.29 is 19.0 Å². The lowest BCUT2D eigenvalue weighted by Crippen LogP contribution is -2.09. The Hall–Kier alpha value is -4.21. The number of aryl methyl sites for hydroxylation is 1. The second kappa shape index (κ2) is 9.29. The van der Waals surface area contributed by atoms with Crippen LogP contribution in [0.5, 0.6) is 5.75 Å². The molecule has 0 bridgehead atoms. The number of nitrogens with one attached hydrogen (secondary N) is 2. The fourth-order valence-corrected chi connectivity index (χ4v) is 3.12. The van der Waals surface area contributed by atoms with Crippen molar-refractivity contribution in [3.63, 3.8) is 0 Å². The van der Waals surface area contributed by atoms with Gasteiger partial charge in [0, 0.05) is 22.8 Å². The van der Waals surface area contributed by atoms with Crippen LogP contribution >= 0.6 is 0 Å². The molecule has 0 radical (unpaired) electrons. The molecule has 0 atom stereocenters. The van der Waals surface area contributed by atoms with E-state index in [4.69, 9.17) is 4.74 Å². The van der Waals surface area contributed by atoms with Gasteiger partial charge in [-0.3, -0.25) is 9.48 Å². The Morgan fingerprint density at radius 1 is 1.16 bits per heavy atom. The minimum absolute atomic E-state index is 0.0143. The van der Waals surface area contributed by atoms with Gasteiger partial charge in [0.25, 0.3) is 0 Å². The predicted molar refractivity (Wildman–Crippen MR) is 118 cm³/mol. The largest absolute Gasteiger partial charge is 0.508 e. The first-order valence-corrected chi connectivity index (χ1v) is 9.98. The molecule has 0 spiro atoms. The van der Waals surface area contributed by atoms with E-state index in [2.05, 4.69) is 25.7 Å². The molecule has 0 saturated carbocycles. The highest BCUT2D eigenvalue weighted by Gasteiger charge is 2.11. The number of aromatic nitrogens is 4. The molecule has 0 saturated heterocycles. The summed E-state index contributed by atoms with van der Waals surface area (Å²) >= 11 is 0. The quantitative estimate of drug-likeness (QED) is 0.354. The van der Waals surface area contributed by atoms with E-state index in [9.17, 15) is 14.3 Å². The summed E-state index contributed by atoms with van der Waals surface area (Å²) < 4.78 is 21.0. The normalized spacial score (nSPS) is 10.8. The number of fused-ring (bicyclic) bond motifs is 1. The van der Waals surface area contributed by atoms with E-state index in [1.165, 1.54) is 12.1 Å². The van der Waals surface area contributed by atoms with Crippen LogP contribution in [0.4, 0.5) is 27.5 Å². The number of rotatable bonds is 8. The van der Waals surface area contributed by atoms with Crippen molar-refractivity contribution in [3.05, 3.63) is 60.7 Å². The van der Waals surface area contributed by atoms with Crippen LogP contribution in [0.1, 0.15) is 13.3 Å². The molecule has 32 heavy (non-hydrogen) atoms. The number of aromatic hydroxyl groups is 1. The summed E-state index contributed by atoms with van der Waals surface area (Å²) in [6, 6.07) is 11.9. The van der Waals surface area contributed by atoms with Gasteiger partial charge < -0.3 is 20.5 Å². The molecule has 10 heteroatoms. The van der Waals surface area contributed by atoms with E-state index < -0.39 is 5.82 Å². The first kappa shape index (κ1) is 21.0. The van der Waals surface area contributed by atoms with Crippen LogP contribution in [0.25, 0.3) is 10.9 Å². The third-order valence-electron chi connectivity index (χ3n) is 4.59. The third-order valence-corrected chi connectivity index (χ3v) is 4.59. The summed E-state index contributed by atoms with van der Waals surface area (Å²) in [6.45, 7) is 2.46. The van der Waals surface area contributed by atoms with Crippen LogP contribution in [0.3, 0.4) is 0 Å². The van der Waals surface area contributed by atoms with Gasteiger partial charge in [-0.25, -0.2) is 9.37 Å². The number of hydrogen-bond donors (Lipinski definition) is 3. The molecule has 2 aromatic carbocycles. The van der Waals surface area contributed by atoms with Gasteiger partial charge in [-0.15, -0.1) is 0 Å². The highest BCUT2D eigenvalue weighted by atomic mass is 19.1. The second-order valence-electron chi connectivity index (χ2n) is 6.89. The molecule has 164 valence electrons. The molecular weight excluding hydrogens is 415 g/mol. The Bertz CT molecular complexity index is 1260. The number of phenols is 1. The van der Waals surface area contributed by atoms with Gasteiger partial charge >= 0.3 is 5.97 Å². The monoisotopic (exact) mass is 436 g/mol. The van der Waals surface area contributed by atoms with E-state index in [0.29, 0.717) is 24.5 Å². The Labute approximate surface area is 182 Å². The van der Waals surface area contributed by atoms with E-state index in [1.807, 2.05) is 6.07 Å². The van der Waals surface area contributed by atoms with Crippen LogP contribution in [0.2, 0.25) is 0 Å². The highest BCUT2D eigenvalue weighted by Crippen LogP contribution is 2.25. The number of carbonyl (C=O) groups excluding carboxylic acids is 1. The van der Waals surface area contributed by atoms with Crippen molar-refractivity contribution >= 4 is 40.0 Å². The fraction of sp³-hybridized carbons (Fsp3) is 0.182. The summed E-state index contributed by atoms with van der Waals surface area (Å²) in [5, 5.41) is 20.7. The van der Waals surface area contributed by atoms with Crippen molar-refractivity contribution in [2.45, 2.75) is 19.9 Å². The Morgan fingerprint density at radius 2 is 2.00 bits per heavy atom. The lowest BCUT2D eigenvalue weighted by Gasteiger charge is -2.10. The van der Waals surface area contributed by atoms with Crippen LogP contribution in [-0.4, -0.2) is 37.4 Å². The van der Waals surface area contributed by atoms with Crippen molar-refractivity contribution in [2.75, 3.05) is 17.2 Å². The fourth-order valence-electron chi connectivity index (χ4n) is 3.12. The maximum atomic E-state index is 14.3. The number of halogens is 1. The van der Waals surface area contributed by atoms with E-state index >= 15 is 0 Å². The number of nitrogens with zero attached hydrogens (tertiary/aromatic N) is 4. The van der Waals surface area contributed by atoms with Crippen LogP contribution < -0.4 is 10.6 Å². The maximum absolute atomic E-state index is 14.3. The van der Waals surface area contributed by atoms with Gasteiger partial charge in [-0.2, -0.15) is 10.1 Å². The van der Waals surface area contributed by atoms with E-state index in [1.54, 1.807) is 42.1 Å². The topological polar surface area (TPSA) is 114 Å². The number of ether oxygens (including phenoxy) is 1. The zero-order valence-corrected chi connectivity index (χ0v) is 17.2. The van der Waals surface area contributed by atoms with Gasteiger partial charge in [0.05, 0.1) is 37.5 Å². The second-order valence-corrected chi connectivity index (χ2v) is 6.89. The summed E-state index contributed by atoms with van der Waals surface area (Å²) in [6.07, 6.45) is 2.96. The Balaban J connectivity index is 1.53. The van der Waals surface area contributed by atoms with Crippen molar-refractivity contribution in [2.24, 2.45) is 0 Å². The van der Waals surface area contributed by atoms with Crippen LogP contribution in [0.15, 0.2) is 54.9 Å². The number of hydrogen-bond acceptors (Lipinski definition) is 8. The number of benzene rings is 2. The average molecular weight is 436 g/mol. The van der Waals surface area contributed by atoms with Crippen LogP contribution in [-0.2, 0) is 16.1 Å². The van der Waals surface area contributed by atoms with Gasteiger partial charge in [0.1, 0.15) is 5.75 Å². The molecule has 9 nitrogen and oxygen atoms in total. The average Bonchev–Trinajstić information content (AvgIpc) is 3.17. The standard InChI is InChI=1S/C22H21FN6O3/c1-2-32-20(31)8-9-29-19-11-16(7-6-14(19)12-25-29)26-21-18(23)13-24-22(28-21)27-15-4-3-5-17(30)10-15/h3-7,10-13,30H,2,8-9H2,1H3,(H2,24,26,27,28). The summed E-state index contributed by atoms with van der Waals surface area (Å²) in [4.78, 5) is 19.8. The molecule has 0 aliphatic carbocycles. The maximum Gasteiger partial charge on any atom is 0.307 e. The molecule has 0 aliphatic rings. The van der Waals surface area contributed by atoms with Crippen LogP contribution in [0, 0.1) is 5.82 Å². The number of carbonyl (C=O) groups is 1. The summed E-state index contributed by atoms with van der Waals surface area (Å²) in [5.41, 5.74) is 1.94. The Kier molecular flexibility index (Phi) is 6.11. The summed E-state index contributed by atoms with van der Waals surface area (Å²) in [7, 11) is 0. The molecule has 4 aromatic rings. The molecule has 3 N–H and O–H groups in total. The van der Waals surface area contributed by atoms with E-state index in [0.717, 1.165) is 17.1 Å². The van der Waals surface area contributed by atoms with Gasteiger partial charge in [0.15, 0.2) is 11.6 Å². The van der Waals surface area contributed by atoms with Gasteiger partial charge in [-0.1, -0.05) is 6.07 Å². The predicted octanol–water partition coefficient (Wildman–Crippen LogP) is 4.11. The lowest BCUT2D eigenvalue weighted by atomic mass is 10.2. The molecule has 2 aromatic heterocycles. The summed E-state index contributed by atoms with van der Waals surface area (Å²) in [5.74, 6) is -0.675. The first-order valence-electron chi connectivity index (χ1n) is 9.98. The molecule has 0 unspecified atom stereocenters. The molecule has 0 amide bonds. The number of anilines is 4. The van der Waals surface area contributed by atoms with Crippen molar-refractivity contribution in [1.29, 1.82) is 0 Å². The van der Waals surface area contributed by atoms with Gasteiger partial charge in [-0.05, 0) is 37.3 Å². The van der Waals surface area contributed by atoms with Gasteiger partial charge in [0.2, 0.25) is 5.95 Å². The van der Waals surface area contributed by atoms with Crippen molar-refractivity contribution in [1.82, 2.24) is 19.7 Å². The first-order chi connectivity index (χ1) is 15.5.